The minimum atomic E-state index is -0.0258. The molecule has 0 saturated carbocycles. The van der Waals surface area contributed by atoms with Gasteiger partial charge in [0.25, 0.3) is 0 Å². The van der Waals surface area contributed by atoms with E-state index in [2.05, 4.69) is 64.5 Å². The Hall–Kier alpha value is -2.38. The standard InChI is InChI=1S/C49H87NO6/c1-7-9-11-19-27-33-48(51)53-35-29-23-17-13-15-21-25-31-43(3)55-41-46-37-45(40-50(5)6)38-47(39-46)42-56-44(4)32-26-22-16-14-18-24-30-36-54-49(52)34-28-20-12-10-8-2/h37-39,44H,3,7-36,40-42H2,1-2,4-6H3. The highest BCUT2D eigenvalue weighted by Crippen LogP contribution is 2.19. The summed E-state index contributed by atoms with van der Waals surface area (Å²) < 4.78 is 23.2. The van der Waals surface area contributed by atoms with Gasteiger partial charge in [-0.2, -0.15) is 0 Å². The minimum absolute atomic E-state index is 0.0207. The molecule has 0 aliphatic rings. The Morgan fingerprint density at radius 3 is 1.45 bits per heavy atom. The number of benzene rings is 1. The first kappa shape index (κ1) is 51.6. The van der Waals surface area contributed by atoms with E-state index in [1.165, 1.54) is 113 Å². The molecule has 0 radical (unpaired) electrons. The zero-order valence-electron chi connectivity index (χ0n) is 37.2. The second-order valence-electron chi connectivity index (χ2n) is 16.6. The second-order valence-corrected chi connectivity index (χ2v) is 16.6. The zero-order chi connectivity index (χ0) is 40.9. The van der Waals surface area contributed by atoms with Crippen LogP contribution >= 0.6 is 0 Å². The highest BCUT2D eigenvalue weighted by molar-refractivity contribution is 5.69. The van der Waals surface area contributed by atoms with E-state index in [0.717, 1.165) is 82.9 Å². The van der Waals surface area contributed by atoms with E-state index in [0.29, 0.717) is 39.3 Å². The monoisotopic (exact) mass is 786 g/mol. The molecule has 0 aliphatic heterocycles. The molecular weight excluding hydrogens is 699 g/mol. The molecule has 1 atom stereocenters. The van der Waals surface area contributed by atoms with Gasteiger partial charge in [0.1, 0.15) is 6.61 Å². The van der Waals surface area contributed by atoms with E-state index >= 15 is 0 Å². The Bertz CT molecular complexity index is 1100. The number of unbranched alkanes of at least 4 members (excludes halogenated alkanes) is 20. The summed E-state index contributed by atoms with van der Waals surface area (Å²) >= 11 is 0. The van der Waals surface area contributed by atoms with E-state index in [9.17, 15) is 9.59 Å². The lowest BCUT2D eigenvalue weighted by atomic mass is 10.1. The zero-order valence-corrected chi connectivity index (χ0v) is 37.2. The van der Waals surface area contributed by atoms with Crippen LogP contribution in [0.25, 0.3) is 0 Å². The van der Waals surface area contributed by atoms with Crippen LogP contribution in [-0.2, 0) is 48.3 Å². The van der Waals surface area contributed by atoms with Gasteiger partial charge in [-0.1, -0.05) is 161 Å². The average Bonchev–Trinajstić information content (AvgIpc) is 3.17. The fraction of sp³-hybridized carbons (Fsp3) is 0.796. The van der Waals surface area contributed by atoms with Gasteiger partial charge in [-0.25, -0.2) is 0 Å². The number of carbonyl (C=O) groups is 2. The topological polar surface area (TPSA) is 74.3 Å². The lowest BCUT2D eigenvalue weighted by molar-refractivity contribution is -0.144. The molecule has 0 aliphatic carbocycles. The van der Waals surface area contributed by atoms with E-state index in [-0.39, 0.29) is 18.0 Å². The smallest absolute Gasteiger partial charge is 0.305 e. The Labute approximate surface area is 345 Å². The van der Waals surface area contributed by atoms with Crippen LogP contribution in [-0.4, -0.2) is 50.3 Å². The Morgan fingerprint density at radius 2 is 0.946 bits per heavy atom. The first-order valence-corrected chi connectivity index (χ1v) is 23.2. The van der Waals surface area contributed by atoms with Crippen molar-refractivity contribution in [1.82, 2.24) is 4.90 Å². The van der Waals surface area contributed by atoms with Crippen LogP contribution in [0.1, 0.15) is 217 Å². The largest absolute Gasteiger partial charge is 0.494 e. The van der Waals surface area contributed by atoms with Crippen molar-refractivity contribution in [3.8, 4) is 0 Å². The molecule has 0 spiro atoms. The van der Waals surface area contributed by atoms with Crippen LogP contribution < -0.4 is 0 Å². The molecule has 0 bridgehead atoms. The van der Waals surface area contributed by atoms with Gasteiger partial charge in [-0.05, 0) is 76.2 Å². The van der Waals surface area contributed by atoms with Crippen LogP contribution in [0.5, 0.6) is 0 Å². The fourth-order valence-corrected chi connectivity index (χ4v) is 7.03. The molecule has 0 N–H and O–H groups in total. The first-order valence-electron chi connectivity index (χ1n) is 23.2. The normalized spacial score (nSPS) is 11.9. The molecule has 324 valence electrons. The van der Waals surface area contributed by atoms with Crippen molar-refractivity contribution >= 4 is 11.9 Å². The van der Waals surface area contributed by atoms with Gasteiger partial charge >= 0.3 is 11.9 Å². The van der Waals surface area contributed by atoms with Gasteiger partial charge in [0.15, 0.2) is 0 Å². The van der Waals surface area contributed by atoms with Crippen LogP contribution in [0.15, 0.2) is 30.5 Å². The van der Waals surface area contributed by atoms with Crippen LogP contribution in [0.3, 0.4) is 0 Å². The van der Waals surface area contributed by atoms with Crippen LogP contribution in [0.4, 0.5) is 0 Å². The summed E-state index contributed by atoms with van der Waals surface area (Å²) in [4.78, 5) is 25.9. The summed E-state index contributed by atoms with van der Waals surface area (Å²) in [5, 5.41) is 0. The number of ether oxygens (including phenoxy) is 4. The van der Waals surface area contributed by atoms with Crippen molar-refractivity contribution in [3.63, 3.8) is 0 Å². The molecule has 0 saturated heterocycles. The molecule has 7 nitrogen and oxygen atoms in total. The van der Waals surface area contributed by atoms with Gasteiger partial charge in [-0.3, -0.25) is 9.59 Å². The van der Waals surface area contributed by atoms with Gasteiger partial charge in [-0.15, -0.1) is 0 Å². The highest BCUT2D eigenvalue weighted by Gasteiger charge is 2.09. The summed E-state index contributed by atoms with van der Waals surface area (Å²) in [5.74, 6) is 0.820. The highest BCUT2D eigenvalue weighted by atomic mass is 16.5. The van der Waals surface area contributed by atoms with Crippen molar-refractivity contribution in [2.75, 3.05) is 27.3 Å². The number of allylic oxidation sites excluding steroid dienone is 1. The molecule has 1 unspecified atom stereocenters. The quantitative estimate of drug-likeness (QED) is 0.0373. The van der Waals surface area contributed by atoms with Crippen molar-refractivity contribution in [3.05, 3.63) is 47.2 Å². The third-order valence-corrected chi connectivity index (χ3v) is 10.4. The molecule has 7 heteroatoms. The number of esters is 2. The van der Waals surface area contributed by atoms with Gasteiger partial charge < -0.3 is 23.8 Å². The van der Waals surface area contributed by atoms with Crippen LogP contribution in [0, 0.1) is 0 Å². The van der Waals surface area contributed by atoms with E-state index in [1.54, 1.807) is 0 Å². The van der Waals surface area contributed by atoms with Gasteiger partial charge in [0.2, 0.25) is 0 Å². The van der Waals surface area contributed by atoms with Crippen molar-refractivity contribution < 1.29 is 28.5 Å². The predicted molar refractivity (Wildman–Crippen MR) is 235 cm³/mol. The minimum Gasteiger partial charge on any atom is -0.494 e. The first-order chi connectivity index (χ1) is 27.2. The maximum Gasteiger partial charge on any atom is 0.305 e. The summed E-state index contributed by atoms with van der Waals surface area (Å²) in [7, 11) is 4.21. The maximum atomic E-state index is 11.8. The molecular formula is C49H87NO6. The average molecular weight is 786 g/mol. The summed E-state index contributed by atoms with van der Waals surface area (Å²) in [6.45, 7) is 14.0. The molecule has 0 fully saturated rings. The molecule has 0 heterocycles. The Balaban J connectivity index is 2.16. The molecule has 1 rings (SSSR count). The van der Waals surface area contributed by atoms with Gasteiger partial charge in [0.05, 0.1) is 31.7 Å². The van der Waals surface area contributed by atoms with Crippen molar-refractivity contribution in [1.29, 1.82) is 0 Å². The third kappa shape index (κ3) is 32.7. The molecule has 1 aromatic carbocycles. The van der Waals surface area contributed by atoms with E-state index in [4.69, 9.17) is 18.9 Å². The molecule has 0 aromatic heterocycles. The van der Waals surface area contributed by atoms with E-state index < -0.39 is 0 Å². The second kappa shape index (κ2) is 36.9. The number of hydrogen-bond donors (Lipinski definition) is 0. The summed E-state index contributed by atoms with van der Waals surface area (Å²) in [6, 6.07) is 6.74. The third-order valence-electron chi connectivity index (χ3n) is 10.4. The van der Waals surface area contributed by atoms with Crippen molar-refractivity contribution in [2.24, 2.45) is 0 Å². The molecule has 1 aromatic rings. The fourth-order valence-electron chi connectivity index (χ4n) is 7.03. The Morgan fingerprint density at radius 1 is 0.536 bits per heavy atom. The van der Waals surface area contributed by atoms with E-state index in [1.807, 2.05) is 0 Å². The SMILES string of the molecule is C=C(CCCCCCCCCOC(=O)CCCCCCC)OCc1cc(COC(C)CCCCCCCCCOC(=O)CCCCCCC)cc(CN(C)C)c1. The van der Waals surface area contributed by atoms with Crippen molar-refractivity contribution in [2.45, 2.75) is 226 Å². The maximum absolute atomic E-state index is 11.8. The summed E-state index contributed by atoms with van der Waals surface area (Å²) in [6.07, 6.45) is 31.3. The predicted octanol–water partition coefficient (Wildman–Crippen LogP) is 13.7. The molecule has 0 amide bonds. The molecule has 56 heavy (non-hydrogen) atoms. The number of rotatable bonds is 40. The Kier molecular flexibility index (Phi) is 34.1. The number of nitrogens with zero attached hydrogens (tertiary/aromatic N) is 1. The summed E-state index contributed by atoms with van der Waals surface area (Å²) in [5.41, 5.74) is 3.65. The van der Waals surface area contributed by atoms with Crippen LogP contribution in [0.2, 0.25) is 0 Å². The number of hydrogen-bond acceptors (Lipinski definition) is 7. The lowest BCUT2D eigenvalue weighted by Crippen LogP contribution is -2.12. The van der Waals surface area contributed by atoms with Gasteiger partial charge in [0, 0.05) is 25.8 Å². The lowest BCUT2D eigenvalue weighted by Gasteiger charge is -2.17. The number of carbonyl (C=O) groups excluding carboxylic acids is 2.